The van der Waals surface area contributed by atoms with Gasteiger partial charge in [-0.05, 0) is 84.0 Å². The summed E-state index contributed by atoms with van der Waals surface area (Å²) < 4.78 is 43.2. The second-order valence-corrected chi connectivity index (χ2v) is 13.4. The first kappa shape index (κ1) is 28.8. The largest absolute Gasteiger partial charge is 0.409 e. The Labute approximate surface area is 211 Å². The van der Waals surface area contributed by atoms with Gasteiger partial charge in [-0.2, -0.15) is 0 Å². The molecule has 0 saturated heterocycles. The van der Waals surface area contributed by atoms with Crippen LogP contribution in [0.15, 0.2) is 37.5 Å². The summed E-state index contributed by atoms with van der Waals surface area (Å²) in [5.41, 5.74) is 0.377. The predicted molar refractivity (Wildman–Crippen MR) is 134 cm³/mol. The standard InChI is InChI=1S/C21H31BrFN4O5PS/c1-7-30-33(29,31-8-2)21(5,6)12-20(3,4)13-34-19-17(26-32-27-19)18(25-28)24-14-9-10-16(23)15(22)11-14/h9-11,28H,7-8,12-13H2,1-6H3,(H,24,25). The van der Waals surface area contributed by atoms with E-state index in [-0.39, 0.29) is 21.4 Å². The van der Waals surface area contributed by atoms with E-state index in [0.717, 1.165) is 0 Å². The van der Waals surface area contributed by atoms with E-state index in [2.05, 4.69) is 36.7 Å². The van der Waals surface area contributed by atoms with Gasteiger partial charge >= 0.3 is 7.60 Å². The number of aromatic nitrogens is 2. The van der Waals surface area contributed by atoms with E-state index in [4.69, 9.17) is 13.7 Å². The summed E-state index contributed by atoms with van der Waals surface area (Å²) in [5.74, 6) is 0.143. The fourth-order valence-corrected chi connectivity index (χ4v) is 7.01. The SMILES string of the molecule is CCOP(=O)(OCC)C(C)(C)CC(C)(C)CSc1nonc1/C(=N/O)Nc1ccc(F)c(Br)c1. The van der Waals surface area contributed by atoms with Crippen molar-refractivity contribution in [2.45, 2.75) is 58.1 Å². The number of thioether (sulfide) groups is 1. The molecule has 0 amide bonds. The molecular weight excluding hydrogens is 550 g/mol. The third kappa shape index (κ3) is 7.27. The molecule has 190 valence electrons. The number of hydrogen-bond acceptors (Lipinski definition) is 9. The highest BCUT2D eigenvalue weighted by Crippen LogP contribution is 2.63. The average molecular weight is 581 g/mol. The van der Waals surface area contributed by atoms with Crippen LogP contribution in [0.2, 0.25) is 0 Å². The Hall–Kier alpha value is -1.46. The number of oxime groups is 1. The fraction of sp³-hybridized carbons (Fsp3) is 0.571. The molecule has 2 aromatic rings. The van der Waals surface area contributed by atoms with Gasteiger partial charge in [-0.15, -0.1) is 0 Å². The Morgan fingerprint density at radius 3 is 2.47 bits per heavy atom. The number of rotatable bonds is 12. The third-order valence-corrected chi connectivity index (χ3v) is 9.73. The van der Waals surface area contributed by atoms with Crippen LogP contribution in [0.25, 0.3) is 0 Å². The summed E-state index contributed by atoms with van der Waals surface area (Å²) in [6, 6.07) is 4.26. The van der Waals surface area contributed by atoms with Crippen molar-refractivity contribution in [1.29, 1.82) is 0 Å². The van der Waals surface area contributed by atoms with E-state index >= 15 is 0 Å². The fourth-order valence-electron chi connectivity index (χ4n) is 3.57. The average Bonchev–Trinajstić information content (AvgIpc) is 3.21. The Kier molecular flexibility index (Phi) is 10.1. The molecule has 0 aliphatic carbocycles. The first-order valence-corrected chi connectivity index (χ1v) is 14.0. The summed E-state index contributed by atoms with van der Waals surface area (Å²) in [5, 5.41) is 23.2. The van der Waals surface area contributed by atoms with Crippen LogP contribution in [0.1, 0.15) is 53.7 Å². The Morgan fingerprint density at radius 2 is 1.91 bits per heavy atom. The summed E-state index contributed by atoms with van der Waals surface area (Å²) in [7, 11) is -3.33. The van der Waals surface area contributed by atoms with Crippen LogP contribution < -0.4 is 5.32 Å². The zero-order chi connectivity index (χ0) is 25.6. The highest BCUT2D eigenvalue weighted by molar-refractivity contribution is 9.10. The molecule has 2 rings (SSSR count). The molecule has 2 N–H and O–H groups in total. The number of amidine groups is 1. The van der Waals surface area contributed by atoms with Crippen LogP contribution in [0, 0.1) is 11.2 Å². The molecule has 34 heavy (non-hydrogen) atoms. The van der Waals surface area contributed by atoms with Gasteiger partial charge in [0.2, 0.25) is 5.84 Å². The summed E-state index contributed by atoms with van der Waals surface area (Å²) in [6.45, 7) is 12.0. The summed E-state index contributed by atoms with van der Waals surface area (Å²) >= 11 is 4.48. The first-order chi connectivity index (χ1) is 15.9. The quantitative estimate of drug-likeness (QED) is 0.0699. The zero-order valence-corrected chi connectivity index (χ0v) is 23.4. The summed E-state index contributed by atoms with van der Waals surface area (Å²) in [6.07, 6.45) is 0.549. The molecule has 0 radical (unpaired) electrons. The number of nitrogens with one attached hydrogen (secondary N) is 1. The second kappa shape index (κ2) is 12.0. The van der Waals surface area contributed by atoms with Gasteiger partial charge in [0.15, 0.2) is 10.7 Å². The van der Waals surface area contributed by atoms with Gasteiger partial charge in [-0.25, -0.2) is 9.02 Å². The number of benzene rings is 1. The number of hydrogen-bond donors (Lipinski definition) is 2. The van der Waals surface area contributed by atoms with Crippen molar-refractivity contribution >= 4 is 46.8 Å². The molecule has 0 saturated carbocycles. The maximum absolute atomic E-state index is 13.5. The van der Waals surface area contributed by atoms with Gasteiger partial charge in [-0.3, -0.25) is 4.57 Å². The topological polar surface area (TPSA) is 119 Å². The van der Waals surface area contributed by atoms with Crippen LogP contribution >= 0.6 is 35.3 Å². The van der Waals surface area contributed by atoms with Gasteiger partial charge < -0.3 is 19.6 Å². The van der Waals surface area contributed by atoms with Crippen molar-refractivity contribution in [3.8, 4) is 0 Å². The lowest BCUT2D eigenvalue weighted by atomic mass is 9.85. The van der Waals surface area contributed by atoms with E-state index in [1.54, 1.807) is 13.8 Å². The van der Waals surface area contributed by atoms with Crippen molar-refractivity contribution < 1.29 is 27.8 Å². The Bertz CT molecular complexity index is 1040. The van der Waals surface area contributed by atoms with Crippen molar-refractivity contribution in [3.63, 3.8) is 0 Å². The molecule has 0 spiro atoms. The Balaban J connectivity index is 2.14. The van der Waals surface area contributed by atoms with Crippen LogP contribution in [0.3, 0.4) is 0 Å². The highest BCUT2D eigenvalue weighted by Gasteiger charge is 2.46. The Morgan fingerprint density at radius 1 is 1.26 bits per heavy atom. The van der Waals surface area contributed by atoms with Gasteiger partial charge in [0, 0.05) is 11.4 Å². The lowest BCUT2D eigenvalue weighted by Crippen LogP contribution is -2.32. The zero-order valence-electron chi connectivity index (χ0n) is 20.1. The normalized spacial score (nSPS) is 13.4. The van der Waals surface area contributed by atoms with Crippen molar-refractivity contribution in [1.82, 2.24) is 10.3 Å². The van der Waals surface area contributed by atoms with Crippen LogP contribution in [-0.4, -0.2) is 45.5 Å². The van der Waals surface area contributed by atoms with Gasteiger partial charge in [-0.1, -0.05) is 30.8 Å². The highest BCUT2D eigenvalue weighted by atomic mass is 79.9. The van der Waals surface area contributed by atoms with Crippen molar-refractivity contribution in [2.24, 2.45) is 10.6 Å². The molecule has 1 aromatic carbocycles. The maximum Gasteiger partial charge on any atom is 0.336 e. The third-order valence-electron chi connectivity index (χ3n) is 4.82. The number of halogens is 2. The summed E-state index contributed by atoms with van der Waals surface area (Å²) in [4.78, 5) is 0. The van der Waals surface area contributed by atoms with Gasteiger partial charge in [0.25, 0.3) is 0 Å². The molecule has 1 aromatic heterocycles. The molecule has 0 aliphatic rings. The maximum atomic E-state index is 13.5. The molecular formula is C21H31BrFN4O5PS. The molecule has 0 bridgehead atoms. The molecule has 0 aliphatic heterocycles. The van der Waals surface area contributed by atoms with Crippen molar-refractivity contribution in [2.75, 3.05) is 24.3 Å². The molecule has 0 atom stereocenters. The van der Waals surface area contributed by atoms with Gasteiger partial charge in [0.1, 0.15) is 5.82 Å². The van der Waals surface area contributed by atoms with Crippen molar-refractivity contribution in [3.05, 3.63) is 34.2 Å². The number of anilines is 1. The minimum atomic E-state index is -3.33. The van der Waals surface area contributed by atoms with E-state index in [0.29, 0.717) is 36.1 Å². The smallest absolute Gasteiger partial charge is 0.336 e. The van der Waals surface area contributed by atoms with Crippen LogP contribution in [0.4, 0.5) is 10.1 Å². The minimum Gasteiger partial charge on any atom is -0.409 e. The minimum absolute atomic E-state index is 0.00223. The molecule has 1 heterocycles. The second-order valence-electron chi connectivity index (χ2n) is 8.90. The molecule has 0 fully saturated rings. The number of nitrogens with zero attached hydrogens (tertiary/aromatic N) is 3. The van der Waals surface area contributed by atoms with Crippen LogP contribution in [-0.2, 0) is 13.6 Å². The molecule has 13 heteroatoms. The van der Waals surface area contributed by atoms with Crippen LogP contribution in [0.5, 0.6) is 0 Å². The lowest BCUT2D eigenvalue weighted by molar-refractivity contribution is 0.186. The van der Waals surface area contributed by atoms with E-state index < -0.39 is 18.6 Å². The monoisotopic (exact) mass is 580 g/mol. The molecule has 0 unspecified atom stereocenters. The molecule has 9 nitrogen and oxygen atoms in total. The van der Waals surface area contributed by atoms with E-state index in [1.165, 1.54) is 30.0 Å². The van der Waals surface area contributed by atoms with E-state index in [9.17, 15) is 14.2 Å². The predicted octanol–water partition coefficient (Wildman–Crippen LogP) is 6.77. The first-order valence-electron chi connectivity index (χ1n) is 10.7. The van der Waals surface area contributed by atoms with Gasteiger partial charge in [0.05, 0.1) is 22.8 Å². The lowest BCUT2D eigenvalue weighted by Gasteiger charge is -2.38. The van der Waals surface area contributed by atoms with E-state index in [1.807, 2.05) is 27.7 Å².